The Morgan fingerprint density at radius 3 is 1.86 bits per heavy atom. The first-order valence-electron chi connectivity index (χ1n) is 12.4. The van der Waals surface area contributed by atoms with Crippen LogP contribution in [0, 0.1) is 5.92 Å². The Morgan fingerprint density at radius 2 is 1.34 bits per heavy atom. The number of rotatable bonds is 7. The van der Waals surface area contributed by atoms with Crippen LogP contribution in [0.15, 0.2) is 91.0 Å². The highest BCUT2D eigenvalue weighted by atomic mass is 16.5. The van der Waals surface area contributed by atoms with E-state index in [9.17, 15) is 14.7 Å². The van der Waals surface area contributed by atoms with Gasteiger partial charge in [-0.25, -0.2) is 4.79 Å². The van der Waals surface area contributed by atoms with Gasteiger partial charge < -0.3 is 14.7 Å². The summed E-state index contributed by atoms with van der Waals surface area (Å²) < 4.78 is 6.45. The van der Waals surface area contributed by atoms with Crippen LogP contribution in [-0.2, 0) is 14.3 Å². The van der Waals surface area contributed by atoms with Crippen molar-refractivity contribution in [1.82, 2.24) is 4.90 Å². The summed E-state index contributed by atoms with van der Waals surface area (Å²) >= 11 is 0. The fraction of sp³-hybridized carbons (Fsp3) is 0.333. The van der Waals surface area contributed by atoms with E-state index in [1.54, 1.807) is 4.90 Å². The number of carboxylic acid groups (broad SMARTS) is 1. The molecule has 3 fully saturated rings. The van der Waals surface area contributed by atoms with E-state index in [1.807, 2.05) is 97.9 Å². The zero-order chi connectivity index (χ0) is 24.4. The number of carbonyl (C=O) groups is 2. The molecular weight excluding hydrogens is 438 g/mol. The van der Waals surface area contributed by atoms with Gasteiger partial charge in [0, 0.05) is 12.0 Å². The lowest BCUT2D eigenvalue weighted by molar-refractivity contribution is -0.180. The summed E-state index contributed by atoms with van der Waals surface area (Å²) in [5.74, 6) is -1.87. The van der Waals surface area contributed by atoms with Gasteiger partial charge in [0.15, 0.2) is 0 Å². The molecule has 2 aliphatic heterocycles. The standard InChI is InChI=1S/C30H31NO4/c1-20(21-11-5-2-6-12-21)35-26-19-24-17-18-25(26)28(30(33)34)31(24)29(32)27(22-13-7-3-8-14-22)23-15-9-4-10-16-23/h2-16,20,24-28H,17-19H2,1H3,(H,33,34)/t20?,24-,25+,26?,28-/m0/s1. The molecule has 35 heavy (non-hydrogen) atoms. The Kier molecular flexibility index (Phi) is 6.69. The Hall–Kier alpha value is -3.44. The van der Waals surface area contributed by atoms with Crippen LogP contribution in [0.5, 0.6) is 0 Å². The summed E-state index contributed by atoms with van der Waals surface area (Å²) in [5.41, 5.74) is 2.82. The molecule has 3 aliphatic rings. The first kappa shape index (κ1) is 23.3. The molecule has 2 unspecified atom stereocenters. The predicted molar refractivity (Wildman–Crippen MR) is 134 cm³/mol. The number of carboxylic acids is 1. The van der Waals surface area contributed by atoms with Gasteiger partial charge in [0.1, 0.15) is 6.04 Å². The van der Waals surface area contributed by atoms with Gasteiger partial charge in [-0.15, -0.1) is 0 Å². The maximum atomic E-state index is 14.2. The molecule has 1 aliphatic carbocycles. The second-order valence-corrected chi connectivity index (χ2v) is 9.64. The van der Waals surface area contributed by atoms with Crippen molar-refractivity contribution in [2.45, 2.75) is 56.4 Å². The normalized spacial score (nSPS) is 24.3. The van der Waals surface area contributed by atoms with Crippen molar-refractivity contribution in [3.8, 4) is 0 Å². The van der Waals surface area contributed by atoms with Crippen LogP contribution in [0.2, 0.25) is 0 Å². The van der Waals surface area contributed by atoms with E-state index in [-0.39, 0.29) is 30.1 Å². The number of hydrogen-bond donors (Lipinski definition) is 1. The maximum Gasteiger partial charge on any atom is 0.326 e. The molecule has 6 rings (SSSR count). The third kappa shape index (κ3) is 4.61. The predicted octanol–water partition coefficient (Wildman–Crippen LogP) is 5.43. The van der Waals surface area contributed by atoms with Crippen LogP contribution < -0.4 is 0 Å². The molecule has 1 saturated carbocycles. The third-order valence-corrected chi connectivity index (χ3v) is 7.58. The minimum absolute atomic E-state index is 0.138. The van der Waals surface area contributed by atoms with E-state index in [1.165, 1.54) is 0 Å². The fourth-order valence-corrected chi connectivity index (χ4v) is 5.94. The molecule has 0 spiro atoms. The maximum absolute atomic E-state index is 14.2. The number of carbonyl (C=O) groups excluding carboxylic acids is 1. The number of nitrogens with zero attached hydrogens (tertiary/aromatic N) is 1. The van der Waals surface area contributed by atoms with E-state index in [0.29, 0.717) is 6.42 Å². The first-order chi connectivity index (χ1) is 17.0. The number of ether oxygens (including phenoxy) is 1. The molecule has 3 aromatic carbocycles. The quantitative estimate of drug-likeness (QED) is 0.501. The van der Waals surface area contributed by atoms with Crippen molar-refractivity contribution in [3.63, 3.8) is 0 Å². The molecule has 5 atom stereocenters. The highest BCUT2D eigenvalue weighted by molar-refractivity contribution is 5.91. The van der Waals surface area contributed by atoms with E-state index in [2.05, 4.69) is 0 Å². The minimum atomic E-state index is -0.950. The number of piperidine rings is 2. The number of aliphatic carboxylic acids is 1. The number of hydrogen-bond acceptors (Lipinski definition) is 3. The van der Waals surface area contributed by atoms with Gasteiger partial charge in [-0.1, -0.05) is 91.0 Å². The topological polar surface area (TPSA) is 66.8 Å². The monoisotopic (exact) mass is 469 g/mol. The zero-order valence-corrected chi connectivity index (χ0v) is 19.9. The largest absolute Gasteiger partial charge is 0.480 e. The third-order valence-electron chi connectivity index (χ3n) is 7.58. The number of benzene rings is 3. The van der Waals surface area contributed by atoms with Crippen LogP contribution in [0.4, 0.5) is 0 Å². The van der Waals surface area contributed by atoms with Gasteiger partial charge >= 0.3 is 5.97 Å². The molecule has 0 radical (unpaired) electrons. The van der Waals surface area contributed by atoms with Crippen molar-refractivity contribution in [2.24, 2.45) is 5.92 Å². The second-order valence-electron chi connectivity index (χ2n) is 9.64. The molecule has 180 valence electrons. The molecule has 2 bridgehead atoms. The van der Waals surface area contributed by atoms with Gasteiger partial charge in [-0.3, -0.25) is 4.79 Å². The van der Waals surface area contributed by atoms with Gasteiger partial charge in [0.25, 0.3) is 0 Å². The van der Waals surface area contributed by atoms with Crippen LogP contribution >= 0.6 is 0 Å². The van der Waals surface area contributed by atoms with Gasteiger partial charge in [0.05, 0.1) is 18.1 Å². The first-order valence-corrected chi connectivity index (χ1v) is 12.4. The van der Waals surface area contributed by atoms with E-state index < -0.39 is 17.9 Å². The molecule has 0 aromatic heterocycles. The van der Waals surface area contributed by atoms with Crippen molar-refractivity contribution < 1.29 is 19.4 Å². The van der Waals surface area contributed by atoms with Crippen molar-refractivity contribution in [2.75, 3.05) is 0 Å². The van der Waals surface area contributed by atoms with E-state index in [4.69, 9.17) is 4.74 Å². The lowest BCUT2D eigenvalue weighted by Gasteiger charge is -2.54. The number of amides is 1. The van der Waals surface area contributed by atoms with Crippen molar-refractivity contribution in [1.29, 1.82) is 0 Å². The average Bonchev–Trinajstić information content (AvgIpc) is 2.90. The number of fused-ring (bicyclic) bond motifs is 3. The molecular formula is C30H31NO4. The molecule has 1 amide bonds. The highest BCUT2D eigenvalue weighted by Crippen LogP contribution is 2.45. The van der Waals surface area contributed by atoms with E-state index in [0.717, 1.165) is 29.5 Å². The Balaban J connectivity index is 1.45. The molecule has 2 heterocycles. The smallest absolute Gasteiger partial charge is 0.326 e. The van der Waals surface area contributed by atoms with Crippen molar-refractivity contribution >= 4 is 11.9 Å². The Bertz CT molecular complexity index is 1110. The highest BCUT2D eigenvalue weighted by Gasteiger charge is 2.54. The van der Waals surface area contributed by atoms with Gasteiger partial charge in [-0.2, -0.15) is 0 Å². The van der Waals surface area contributed by atoms with Crippen LogP contribution in [0.25, 0.3) is 0 Å². The molecule has 5 heteroatoms. The summed E-state index contributed by atoms with van der Waals surface area (Å²) in [6.45, 7) is 2.01. The SMILES string of the molecule is CC(OC1C[C@@H]2CC[C@H]1[C@@H](C(=O)O)N2C(=O)C(c1ccccc1)c1ccccc1)c1ccccc1. The lowest BCUT2D eigenvalue weighted by Crippen LogP contribution is -2.65. The summed E-state index contributed by atoms with van der Waals surface area (Å²) in [7, 11) is 0. The van der Waals surface area contributed by atoms with Crippen LogP contribution in [0.1, 0.15) is 54.9 Å². The van der Waals surface area contributed by atoms with Gasteiger partial charge in [0.2, 0.25) is 5.91 Å². The molecule has 3 aromatic rings. The Morgan fingerprint density at radius 1 is 0.829 bits per heavy atom. The minimum Gasteiger partial charge on any atom is -0.480 e. The summed E-state index contributed by atoms with van der Waals surface area (Å²) in [6, 6.07) is 28.3. The summed E-state index contributed by atoms with van der Waals surface area (Å²) in [6.07, 6.45) is 1.88. The summed E-state index contributed by atoms with van der Waals surface area (Å²) in [4.78, 5) is 28.5. The molecule has 1 N–H and O–H groups in total. The summed E-state index contributed by atoms with van der Waals surface area (Å²) in [5, 5.41) is 10.3. The van der Waals surface area contributed by atoms with Gasteiger partial charge in [-0.05, 0) is 42.9 Å². The second kappa shape index (κ2) is 10.0. The fourth-order valence-electron chi connectivity index (χ4n) is 5.94. The average molecular weight is 470 g/mol. The van der Waals surface area contributed by atoms with Crippen LogP contribution in [-0.4, -0.2) is 40.1 Å². The van der Waals surface area contributed by atoms with Crippen LogP contribution in [0.3, 0.4) is 0 Å². The molecule has 2 saturated heterocycles. The molecule has 5 nitrogen and oxygen atoms in total. The Labute approximate surface area is 206 Å². The van der Waals surface area contributed by atoms with Crippen molar-refractivity contribution in [3.05, 3.63) is 108 Å². The lowest BCUT2D eigenvalue weighted by atomic mass is 9.71. The van der Waals surface area contributed by atoms with E-state index >= 15 is 0 Å². The zero-order valence-electron chi connectivity index (χ0n) is 19.9.